The fourth-order valence-corrected chi connectivity index (χ4v) is 5.48. The van der Waals surface area contributed by atoms with Gasteiger partial charge in [-0.3, -0.25) is 14.4 Å². The Morgan fingerprint density at radius 3 is 2.38 bits per heavy atom. The lowest BCUT2D eigenvalue weighted by molar-refractivity contribution is -0.121. The van der Waals surface area contributed by atoms with Crippen LogP contribution in [0.3, 0.4) is 0 Å². The maximum atomic E-state index is 11.5. The molecule has 1 saturated heterocycles. The Morgan fingerprint density at radius 2 is 1.74 bits per heavy atom. The van der Waals surface area contributed by atoms with Gasteiger partial charge < -0.3 is 24.8 Å². The van der Waals surface area contributed by atoms with E-state index < -0.39 is 0 Å². The number of anilines is 2. The van der Waals surface area contributed by atoms with E-state index in [4.69, 9.17) is 27.9 Å². The first-order valence-corrected chi connectivity index (χ1v) is 14.8. The van der Waals surface area contributed by atoms with E-state index in [1.54, 1.807) is 21.9 Å². The molecule has 1 unspecified atom stereocenters. The monoisotopic (exact) mass is 610 g/mol. The van der Waals surface area contributed by atoms with Crippen molar-refractivity contribution in [1.29, 1.82) is 0 Å². The Hall–Kier alpha value is -3.59. The number of carbonyl (C=O) groups excluding carboxylic acids is 3. The predicted molar refractivity (Wildman–Crippen MR) is 168 cm³/mol. The number of halogens is 2. The number of rotatable bonds is 8. The lowest BCUT2D eigenvalue weighted by atomic mass is 9.98. The van der Waals surface area contributed by atoms with Crippen LogP contribution in [0.5, 0.6) is 5.75 Å². The Balaban J connectivity index is 0.000000227. The molecule has 8 nitrogen and oxygen atoms in total. The van der Waals surface area contributed by atoms with Crippen molar-refractivity contribution in [3.63, 3.8) is 0 Å². The first-order valence-electron chi connectivity index (χ1n) is 14.0. The summed E-state index contributed by atoms with van der Waals surface area (Å²) >= 11 is 11.7. The van der Waals surface area contributed by atoms with Crippen molar-refractivity contribution in [3.05, 3.63) is 76.3 Å². The summed E-state index contributed by atoms with van der Waals surface area (Å²) in [6, 6.07) is 19.5. The van der Waals surface area contributed by atoms with Crippen molar-refractivity contribution in [1.82, 2.24) is 9.80 Å². The molecule has 0 spiro atoms. The summed E-state index contributed by atoms with van der Waals surface area (Å²) in [5.41, 5.74) is 4.80. The summed E-state index contributed by atoms with van der Waals surface area (Å²) in [4.78, 5) is 39.9. The molecule has 1 atom stereocenters. The number of nitrogens with one attached hydrogen (secondary N) is 1. The third-order valence-electron chi connectivity index (χ3n) is 7.36. The van der Waals surface area contributed by atoms with Crippen LogP contribution in [0, 0.1) is 0 Å². The quantitative estimate of drug-likeness (QED) is 0.304. The molecule has 0 bridgehead atoms. The topological polar surface area (TPSA) is 82.2 Å². The van der Waals surface area contributed by atoms with Crippen molar-refractivity contribution < 1.29 is 19.1 Å². The highest BCUT2D eigenvalue weighted by Gasteiger charge is 2.25. The fourth-order valence-electron chi connectivity index (χ4n) is 5.17. The van der Waals surface area contributed by atoms with Crippen LogP contribution in [0.4, 0.5) is 11.4 Å². The number of amides is 3. The molecule has 3 amide bonds. The molecule has 0 aliphatic carbocycles. The van der Waals surface area contributed by atoms with E-state index in [1.807, 2.05) is 44.3 Å². The van der Waals surface area contributed by atoms with Crippen LogP contribution in [-0.4, -0.2) is 67.9 Å². The largest absolute Gasteiger partial charge is 0.482 e. The zero-order chi connectivity index (χ0) is 30.2. The first kappa shape index (κ1) is 31.3. The number of carbonyl (C=O) groups is 3. The first-order chi connectivity index (χ1) is 20.2. The normalized spacial score (nSPS) is 15.2. The van der Waals surface area contributed by atoms with Crippen LogP contribution < -0.4 is 15.0 Å². The molecule has 5 rings (SSSR count). The van der Waals surface area contributed by atoms with Gasteiger partial charge in [0.25, 0.3) is 5.91 Å². The van der Waals surface area contributed by atoms with E-state index in [2.05, 4.69) is 28.4 Å². The predicted octanol–water partition coefficient (Wildman–Crippen LogP) is 6.28. The number of likely N-dealkylation sites (N-methyl/N-ethyl adjacent to an activating group) is 2. The van der Waals surface area contributed by atoms with Crippen LogP contribution in [0.1, 0.15) is 38.3 Å². The Bertz CT molecular complexity index is 1410. The van der Waals surface area contributed by atoms with E-state index in [9.17, 15) is 14.4 Å². The van der Waals surface area contributed by atoms with Crippen molar-refractivity contribution in [2.75, 3.05) is 50.1 Å². The lowest BCUT2D eigenvalue weighted by Gasteiger charge is -2.29. The van der Waals surface area contributed by atoms with Gasteiger partial charge in [-0.2, -0.15) is 0 Å². The third-order valence-corrected chi connectivity index (χ3v) is 8.08. The number of likely N-dealkylation sites (tertiary alicyclic amines) is 1. The van der Waals surface area contributed by atoms with Gasteiger partial charge in [0.1, 0.15) is 5.75 Å². The molecule has 3 aromatic rings. The average molecular weight is 612 g/mol. The molecule has 42 heavy (non-hydrogen) atoms. The van der Waals surface area contributed by atoms with Crippen molar-refractivity contribution >= 4 is 52.8 Å². The van der Waals surface area contributed by atoms with Gasteiger partial charge in [-0.1, -0.05) is 53.5 Å². The van der Waals surface area contributed by atoms with Crippen LogP contribution in [0.25, 0.3) is 11.1 Å². The lowest BCUT2D eigenvalue weighted by Crippen LogP contribution is -2.38. The van der Waals surface area contributed by atoms with Crippen LogP contribution in [0.15, 0.2) is 60.7 Å². The van der Waals surface area contributed by atoms with Crippen LogP contribution in [-0.2, 0) is 14.4 Å². The molecular formula is C32H36Cl2N4O4. The standard InChI is InChI=1S/C22H27N3O2.C10H9Cl2NO2/c1-17(27)23-21-10-8-18(9-11-21)19-6-5-7-20(14-19)22(24(2)16-26)15-25-12-3-4-13-25;1-2-13-8-3-6(11)7(12)4-9(8)15-5-10(13)14/h5-11,14,16,22H,3-4,12-13,15H2,1-2H3,(H,23,27);3-4H,2,5H2,1H3. The highest BCUT2D eigenvalue weighted by molar-refractivity contribution is 6.42. The van der Waals surface area contributed by atoms with Crippen LogP contribution in [0.2, 0.25) is 10.0 Å². The summed E-state index contributed by atoms with van der Waals surface area (Å²) in [5.74, 6) is 0.459. The Morgan fingerprint density at radius 1 is 1.05 bits per heavy atom. The Kier molecular flexibility index (Phi) is 10.8. The summed E-state index contributed by atoms with van der Waals surface area (Å²) in [5, 5.41) is 3.64. The second-order valence-corrected chi connectivity index (χ2v) is 11.2. The molecule has 2 aliphatic heterocycles. The van der Waals surface area contributed by atoms with E-state index in [0.29, 0.717) is 28.0 Å². The molecule has 222 valence electrons. The van der Waals surface area contributed by atoms with Gasteiger partial charge in [0, 0.05) is 38.8 Å². The summed E-state index contributed by atoms with van der Waals surface area (Å²) < 4.78 is 5.27. The minimum Gasteiger partial charge on any atom is -0.482 e. The van der Waals surface area contributed by atoms with E-state index in [0.717, 1.165) is 48.4 Å². The van der Waals surface area contributed by atoms with E-state index in [-0.39, 0.29) is 24.5 Å². The van der Waals surface area contributed by atoms with Gasteiger partial charge in [-0.15, -0.1) is 0 Å². The maximum absolute atomic E-state index is 11.5. The number of ether oxygens (including phenoxy) is 1. The number of benzene rings is 3. The zero-order valence-electron chi connectivity index (χ0n) is 24.1. The number of hydrogen-bond acceptors (Lipinski definition) is 5. The van der Waals surface area contributed by atoms with Gasteiger partial charge in [0.05, 0.1) is 21.8 Å². The third kappa shape index (κ3) is 7.82. The van der Waals surface area contributed by atoms with Crippen molar-refractivity contribution in [2.24, 2.45) is 0 Å². The van der Waals surface area contributed by atoms with Crippen molar-refractivity contribution in [3.8, 4) is 16.9 Å². The van der Waals surface area contributed by atoms with Crippen molar-refractivity contribution in [2.45, 2.75) is 32.7 Å². The van der Waals surface area contributed by atoms with Gasteiger partial charge in [-0.05, 0) is 73.8 Å². The molecule has 0 saturated carbocycles. The van der Waals surface area contributed by atoms with Gasteiger partial charge in [-0.25, -0.2) is 0 Å². The number of fused-ring (bicyclic) bond motifs is 1. The molecule has 1 fully saturated rings. The highest BCUT2D eigenvalue weighted by Crippen LogP contribution is 2.38. The molecule has 10 heteroatoms. The highest BCUT2D eigenvalue weighted by atomic mass is 35.5. The smallest absolute Gasteiger partial charge is 0.265 e. The number of nitrogens with zero attached hydrogens (tertiary/aromatic N) is 3. The fraction of sp³-hybridized carbons (Fsp3) is 0.344. The molecule has 0 aromatic heterocycles. The molecule has 0 radical (unpaired) electrons. The average Bonchev–Trinajstić information content (AvgIpc) is 3.50. The summed E-state index contributed by atoms with van der Waals surface area (Å²) in [6.07, 6.45) is 3.38. The van der Waals surface area contributed by atoms with Crippen LogP contribution >= 0.6 is 23.2 Å². The molecular weight excluding hydrogens is 575 g/mol. The number of hydrogen-bond donors (Lipinski definition) is 1. The van der Waals surface area contributed by atoms with Gasteiger partial charge in [0.2, 0.25) is 12.3 Å². The van der Waals surface area contributed by atoms with Gasteiger partial charge >= 0.3 is 0 Å². The van der Waals surface area contributed by atoms with E-state index in [1.165, 1.54) is 19.8 Å². The minimum absolute atomic E-state index is 0.0409. The Labute approximate surface area is 257 Å². The zero-order valence-corrected chi connectivity index (χ0v) is 25.6. The second-order valence-electron chi connectivity index (χ2n) is 10.3. The maximum Gasteiger partial charge on any atom is 0.265 e. The summed E-state index contributed by atoms with van der Waals surface area (Å²) in [7, 11) is 1.85. The second kappa shape index (κ2) is 14.5. The summed E-state index contributed by atoms with van der Waals surface area (Å²) in [6.45, 7) is 7.12. The molecule has 1 N–H and O–H groups in total. The minimum atomic E-state index is -0.0774. The van der Waals surface area contributed by atoms with E-state index >= 15 is 0 Å². The molecule has 2 aliphatic rings. The molecule has 3 aromatic carbocycles. The SMILES string of the molecule is CC(=O)Nc1ccc(-c2cccc(C(CN3CCCC3)N(C)C=O)c2)cc1.CCN1C(=O)COc2cc(Cl)c(Cl)cc21. The van der Waals surface area contributed by atoms with Gasteiger partial charge in [0.15, 0.2) is 6.61 Å². The molecule has 2 heterocycles.